The van der Waals surface area contributed by atoms with Crippen molar-refractivity contribution in [3.05, 3.63) is 60.2 Å². The van der Waals surface area contributed by atoms with Crippen molar-refractivity contribution in [1.29, 1.82) is 0 Å². The summed E-state index contributed by atoms with van der Waals surface area (Å²) in [5, 5.41) is 2.60. The normalized spacial score (nSPS) is 17.2. The Morgan fingerprint density at radius 1 is 1.04 bits per heavy atom. The first-order valence-corrected chi connectivity index (χ1v) is 10.6. The number of nitrogens with zero attached hydrogens (tertiary/aromatic N) is 1. The monoisotopic (exact) mass is 401 g/mol. The molecule has 148 valence electrons. The fourth-order valence-electron chi connectivity index (χ4n) is 3.23. The Morgan fingerprint density at radius 3 is 2.36 bits per heavy atom. The number of hydrogen-bond acceptors (Lipinski definition) is 4. The van der Waals surface area contributed by atoms with E-state index in [1.165, 1.54) is 19.1 Å². The van der Waals surface area contributed by atoms with Gasteiger partial charge in [0.25, 0.3) is 5.91 Å². The van der Waals surface area contributed by atoms with Gasteiger partial charge in [0.15, 0.2) is 0 Å². The molecule has 0 radical (unpaired) electrons. The molecule has 0 aromatic heterocycles. The van der Waals surface area contributed by atoms with Crippen molar-refractivity contribution >= 4 is 27.5 Å². The molecule has 0 aliphatic carbocycles. The lowest BCUT2D eigenvalue weighted by Gasteiger charge is -2.33. The molecule has 1 unspecified atom stereocenters. The average molecular weight is 401 g/mol. The summed E-state index contributed by atoms with van der Waals surface area (Å²) in [5.41, 5.74) is 1.13. The molecule has 0 saturated carbocycles. The molecular formula is C20H23N3O4S. The van der Waals surface area contributed by atoms with Crippen LogP contribution in [0.25, 0.3) is 0 Å². The largest absolute Gasteiger partial charge is 0.337 e. The van der Waals surface area contributed by atoms with Crippen molar-refractivity contribution in [2.24, 2.45) is 0 Å². The van der Waals surface area contributed by atoms with Crippen molar-refractivity contribution in [1.82, 2.24) is 9.62 Å². The molecule has 1 saturated heterocycles. The molecule has 1 aliphatic rings. The Hall–Kier alpha value is -2.71. The molecule has 28 heavy (non-hydrogen) atoms. The lowest BCUT2D eigenvalue weighted by Crippen LogP contribution is -2.49. The Kier molecular flexibility index (Phi) is 6.11. The maximum atomic E-state index is 12.7. The molecule has 0 spiro atoms. The molecule has 3 rings (SSSR count). The minimum absolute atomic E-state index is 0.0934. The van der Waals surface area contributed by atoms with Gasteiger partial charge in [0.05, 0.1) is 4.90 Å². The number of piperidine rings is 1. The summed E-state index contributed by atoms with van der Waals surface area (Å²) < 4.78 is 28.1. The Balaban J connectivity index is 1.66. The number of amides is 2. The highest BCUT2D eigenvalue weighted by Gasteiger charge is 2.28. The van der Waals surface area contributed by atoms with Crippen molar-refractivity contribution in [3.8, 4) is 0 Å². The van der Waals surface area contributed by atoms with Gasteiger partial charge in [-0.2, -0.15) is 0 Å². The number of benzene rings is 2. The van der Waals surface area contributed by atoms with E-state index in [0.717, 1.165) is 6.42 Å². The molecule has 2 aromatic carbocycles. The number of sulfonamides is 1. The van der Waals surface area contributed by atoms with Crippen LogP contribution < -0.4 is 10.0 Å². The number of hydrogen-bond donors (Lipinski definition) is 2. The van der Waals surface area contributed by atoms with Crippen LogP contribution in [0.2, 0.25) is 0 Å². The first kappa shape index (κ1) is 20.0. The number of anilines is 1. The average Bonchev–Trinajstić information content (AvgIpc) is 2.68. The lowest BCUT2D eigenvalue weighted by atomic mass is 10.1. The topological polar surface area (TPSA) is 95.6 Å². The SMILES string of the molecule is CC(=O)Nc1ccc(S(=O)(=O)NC2CCCN(C(=O)c3ccccc3)C2)cc1. The third kappa shape index (κ3) is 4.96. The molecule has 0 bridgehead atoms. The Morgan fingerprint density at radius 2 is 1.71 bits per heavy atom. The molecule has 7 nitrogen and oxygen atoms in total. The highest BCUT2D eigenvalue weighted by Crippen LogP contribution is 2.18. The molecule has 8 heteroatoms. The van der Waals surface area contributed by atoms with Gasteiger partial charge in [0.1, 0.15) is 0 Å². The van der Waals surface area contributed by atoms with Gasteiger partial charge in [-0.15, -0.1) is 0 Å². The van der Waals surface area contributed by atoms with E-state index < -0.39 is 10.0 Å². The van der Waals surface area contributed by atoms with Crippen molar-refractivity contribution in [3.63, 3.8) is 0 Å². The molecule has 1 fully saturated rings. The van der Waals surface area contributed by atoms with Crippen LogP contribution in [-0.2, 0) is 14.8 Å². The van der Waals surface area contributed by atoms with Gasteiger partial charge in [0, 0.05) is 37.3 Å². The van der Waals surface area contributed by atoms with Crippen LogP contribution in [0.1, 0.15) is 30.1 Å². The summed E-state index contributed by atoms with van der Waals surface area (Å²) in [4.78, 5) is 25.5. The van der Waals surface area contributed by atoms with Gasteiger partial charge in [-0.05, 0) is 49.2 Å². The van der Waals surface area contributed by atoms with Gasteiger partial charge < -0.3 is 10.2 Å². The van der Waals surface area contributed by atoms with Crippen LogP contribution in [0.15, 0.2) is 59.5 Å². The standard InChI is InChI=1S/C20H23N3O4S/c1-15(24)21-17-9-11-19(12-10-17)28(26,27)22-18-8-5-13-23(14-18)20(25)16-6-3-2-4-7-16/h2-4,6-7,9-12,18,22H,5,8,13-14H2,1H3,(H,21,24). The second-order valence-electron chi connectivity index (χ2n) is 6.78. The van der Waals surface area contributed by atoms with E-state index in [0.29, 0.717) is 30.8 Å². The van der Waals surface area contributed by atoms with Crippen molar-refractivity contribution in [2.75, 3.05) is 18.4 Å². The molecule has 2 amide bonds. The predicted molar refractivity (Wildman–Crippen MR) is 106 cm³/mol. The lowest BCUT2D eigenvalue weighted by molar-refractivity contribution is -0.114. The van der Waals surface area contributed by atoms with E-state index in [1.54, 1.807) is 29.2 Å². The molecule has 2 N–H and O–H groups in total. The van der Waals surface area contributed by atoms with Crippen molar-refractivity contribution < 1.29 is 18.0 Å². The van der Waals surface area contributed by atoms with E-state index in [1.807, 2.05) is 18.2 Å². The predicted octanol–water partition coefficient (Wildman–Crippen LogP) is 2.23. The number of likely N-dealkylation sites (tertiary alicyclic amines) is 1. The fourth-order valence-corrected chi connectivity index (χ4v) is 4.49. The van der Waals surface area contributed by atoms with Crippen LogP contribution >= 0.6 is 0 Å². The van der Waals surface area contributed by atoms with Crippen LogP contribution in [0.3, 0.4) is 0 Å². The molecule has 2 aromatic rings. The highest BCUT2D eigenvalue weighted by molar-refractivity contribution is 7.89. The van der Waals surface area contributed by atoms with E-state index in [-0.39, 0.29) is 22.8 Å². The van der Waals surface area contributed by atoms with Gasteiger partial charge in [-0.1, -0.05) is 18.2 Å². The summed E-state index contributed by atoms with van der Waals surface area (Å²) in [6.45, 7) is 2.33. The number of nitrogens with one attached hydrogen (secondary N) is 2. The summed E-state index contributed by atoms with van der Waals surface area (Å²) in [6.07, 6.45) is 1.40. The summed E-state index contributed by atoms with van der Waals surface area (Å²) in [7, 11) is -3.72. The second kappa shape index (κ2) is 8.53. The Labute approximate surface area is 164 Å². The highest BCUT2D eigenvalue weighted by atomic mass is 32.2. The van der Waals surface area contributed by atoms with Gasteiger partial charge in [0.2, 0.25) is 15.9 Å². The number of carbonyl (C=O) groups is 2. The molecule has 1 atom stereocenters. The minimum atomic E-state index is -3.72. The van der Waals surface area contributed by atoms with Gasteiger partial charge >= 0.3 is 0 Å². The van der Waals surface area contributed by atoms with Gasteiger partial charge in [-0.3, -0.25) is 9.59 Å². The quantitative estimate of drug-likeness (QED) is 0.803. The first-order valence-electron chi connectivity index (χ1n) is 9.09. The zero-order valence-corrected chi connectivity index (χ0v) is 16.4. The zero-order valence-electron chi connectivity index (χ0n) is 15.6. The second-order valence-corrected chi connectivity index (χ2v) is 8.50. The molecular weight excluding hydrogens is 378 g/mol. The van der Waals surface area contributed by atoms with E-state index in [9.17, 15) is 18.0 Å². The fraction of sp³-hybridized carbons (Fsp3) is 0.300. The smallest absolute Gasteiger partial charge is 0.253 e. The molecule has 1 heterocycles. The van der Waals surface area contributed by atoms with E-state index in [4.69, 9.17) is 0 Å². The van der Waals surface area contributed by atoms with Gasteiger partial charge in [-0.25, -0.2) is 13.1 Å². The number of carbonyl (C=O) groups excluding carboxylic acids is 2. The van der Waals surface area contributed by atoms with E-state index >= 15 is 0 Å². The van der Waals surface area contributed by atoms with Crippen molar-refractivity contribution in [2.45, 2.75) is 30.7 Å². The third-order valence-corrected chi connectivity index (χ3v) is 6.07. The summed E-state index contributed by atoms with van der Waals surface area (Å²) >= 11 is 0. The van der Waals surface area contributed by atoms with Crippen LogP contribution in [0.5, 0.6) is 0 Å². The minimum Gasteiger partial charge on any atom is -0.337 e. The summed E-state index contributed by atoms with van der Waals surface area (Å²) in [5.74, 6) is -0.316. The van der Waals surface area contributed by atoms with Crippen LogP contribution in [0, 0.1) is 0 Å². The number of rotatable bonds is 5. The van der Waals surface area contributed by atoms with Crippen LogP contribution in [-0.4, -0.2) is 44.3 Å². The van der Waals surface area contributed by atoms with E-state index in [2.05, 4.69) is 10.0 Å². The maximum absolute atomic E-state index is 12.7. The zero-order chi connectivity index (χ0) is 20.1. The third-order valence-electron chi connectivity index (χ3n) is 4.54. The first-order chi connectivity index (χ1) is 13.3. The molecule has 1 aliphatic heterocycles. The van der Waals surface area contributed by atoms with Crippen LogP contribution in [0.4, 0.5) is 5.69 Å². The maximum Gasteiger partial charge on any atom is 0.253 e. The Bertz CT molecular complexity index is 943. The summed E-state index contributed by atoms with van der Waals surface area (Å²) in [6, 6.07) is 14.6.